The van der Waals surface area contributed by atoms with Crippen molar-refractivity contribution >= 4 is 21.6 Å². The van der Waals surface area contributed by atoms with Gasteiger partial charge in [-0.1, -0.05) is 12.8 Å². The van der Waals surface area contributed by atoms with Gasteiger partial charge in [0.15, 0.2) is 0 Å². The SMILES string of the molecule is COC(C)CS(=O)(=O)Nc1cnn(CC(=O)NC2CCCC2)c1. The van der Waals surface area contributed by atoms with E-state index in [0.717, 1.165) is 25.7 Å². The van der Waals surface area contributed by atoms with Crippen LogP contribution in [0.4, 0.5) is 5.69 Å². The highest BCUT2D eigenvalue weighted by Crippen LogP contribution is 2.17. The highest BCUT2D eigenvalue weighted by molar-refractivity contribution is 7.92. The third-order valence-electron chi connectivity index (χ3n) is 3.79. The van der Waals surface area contributed by atoms with Gasteiger partial charge < -0.3 is 10.1 Å². The van der Waals surface area contributed by atoms with Crippen LogP contribution in [0.15, 0.2) is 12.4 Å². The number of hydrogen-bond donors (Lipinski definition) is 2. The van der Waals surface area contributed by atoms with Crippen LogP contribution in [0.1, 0.15) is 32.6 Å². The van der Waals surface area contributed by atoms with Gasteiger partial charge in [-0.05, 0) is 19.8 Å². The van der Waals surface area contributed by atoms with E-state index in [-0.39, 0.29) is 24.2 Å². The minimum absolute atomic E-state index is 0.0761. The van der Waals surface area contributed by atoms with Crippen LogP contribution in [-0.2, 0) is 26.1 Å². The molecule has 1 fully saturated rings. The first-order chi connectivity index (χ1) is 10.9. The predicted molar refractivity (Wildman–Crippen MR) is 86.5 cm³/mol. The number of methoxy groups -OCH3 is 1. The zero-order valence-electron chi connectivity index (χ0n) is 13.5. The molecule has 1 amide bonds. The summed E-state index contributed by atoms with van der Waals surface area (Å²) in [6, 6.07) is 0.256. The molecule has 1 atom stereocenters. The fourth-order valence-corrected chi connectivity index (χ4v) is 3.89. The van der Waals surface area contributed by atoms with Crippen molar-refractivity contribution in [2.24, 2.45) is 0 Å². The van der Waals surface area contributed by atoms with Crippen LogP contribution in [0, 0.1) is 0 Å². The number of nitrogens with one attached hydrogen (secondary N) is 2. The lowest BCUT2D eigenvalue weighted by Gasteiger charge is -2.11. The van der Waals surface area contributed by atoms with Crippen LogP contribution in [-0.4, -0.2) is 49.1 Å². The third kappa shape index (κ3) is 5.83. The first kappa shape index (κ1) is 17.7. The highest BCUT2D eigenvalue weighted by Gasteiger charge is 2.18. The molecule has 0 saturated heterocycles. The van der Waals surface area contributed by atoms with Gasteiger partial charge in [0, 0.05) is 19.3 Å². The number of carbonyl (C=O) groups excluding carboxylic acids is 1. The topological polar surface area (TPSA) is 102 Å². The molecule has 0 aromatic carbocycles. The molecular formula is C14H24N4O4S. The lowest BCUT2D eigenvalue weighted by molar-refractivity contribution is -0.122. The van der Waals surface area contributed by atoms with E-state index in [1.54, 1.807) is 6.92 Å². The first-order valence-electron chi connectivity index (χ1n) is 7.73. The molecule has 130 valence electrons. The number of nitrogens with zero attached hydrogens (tertiary/aromatic N) is 2. The highest BCUT2D eigenvalue weighted by atomic mass is 32.2. The van der Waals surface area contributed by atoms with Crippen molar-refractivity contribution in [3.05, 3.63) is 12.4 Å². The number of ether oxygens (including phenoxy) is 1. The summed E-state index contributed by atoms with van der Waals surface area (Å²) in [4.78, 5) is 11.9. The van der Waals surface area contributed by atoms with Gasteiger partial charge in [0.25, 0.3) is 0 Å². The van der Waals surface area contributed by atoms with Crippen LogP contribution in [0.2, 0.25) is 0 Å². The molecule has 8 nitrogen and oxygen atoms in total. The second-order valence-electron chi connectivity index (χ2n) is 5.91. The van der Waals surface area contributed by atoms with E-state index in [4.69, 9.17) is 4.74 Å². The second-order valence-corrected chi connectivity index (χ2v) is 7.67. The van der Waals surface area contributed by atoms with Crippen LogP contribution >= 0.6 is 0 Å². The van der Waals surface area contributed by atoms with Gasteiger partial charge in [-0.25, -0.2) is 8.42 Å². The molecule has 0 spiro atoms. The van der Waals surface area contributed by atoms with Crippen molar-refractivity contribution in [2.75, 3.05) is 17.6 Å². The van der Waals surface area contributed by atoms with Gasteiger partial charge >= 0.3 is 0 Å². The maximum Gasteiger partial charge on any atom is 0.241 e. The number of anilines is 1. The van der Waals surface area contributed by atoms with E-state index in [2.05, 4.69) is 15.1 Å². The lowest BCUT2D eigenvalue weighted by atomic mass is 10.2. The Morgan fingerprint density at radius 3 is 2.83 bits per heavy atom. The van der Waals surface area contributed by atoms with Crippen molar-refractivity contribution in [3.63, 3.8) is 0 Å². The second kappa shape index (κ2) is 7.78. The van der Waals surface area contributed by atoms with Gasteiger partial charge in [0.2, 0.25) is 15.9 Å². The molecule has 1 aromatic heterocycles. The molecule has 23 heavy (non-hydrogen) atoms. The molecule has 1 unspecified atom stereocenters. The smallest absolute Gasteiger partial charge is 0.241 e. The van der Waals surface area contributed by atoms with Crippen LogP contribution in [0.5, 0.6) is 0 Å². The summed E-state index contributed by atoms with van der Waals surface area (Å²) in [5, 5.41) is 6.98. The standard InChI is InChI=1S/C14H24N4O4S/c1-11(22-2)10-23(20,21)17-13-7-15-18(8-13)9-14(19)16-12-5-3-4-6-12/h7-8,11-12,17H,3-6,9-10H2,1-2H3,(H,16,19). The number of aromatic nitrogens is 2. The van der Waals surface area contributed by atoms with Gasteiger partial charge in [-0.2, -0.15) is 5.10 Å². The van der Waals surface area contributed by atoms with Gasteiger partial charge in [0.05, 0.1) is 23.7 Å². The number of sulfonamides is 1. The molecule has 2 N–H and O–H groups in total. The van der Waals surface area contributed by atoms with E-state index < -0.39 is 16.1 Å². The van der Waals surface area contributed by atoms with Crippen molar-refractivity contribution in [3.8, 4) is 0 Å². The molecule has 2 rings (SSSR count). The third-order valence-corrected chi connectivity index (χ3v) is 5.24. The Morgan fingerprint density at radius 2 is 2.17 bits per heavy atom. The summed E-state index contributed by atoms with van der Waals surface area (Å²) in [7, 11) is -2.05. The van der Waals surface area contributed by atoms with Crippen LogP contribution in [0.25, 0.3) is 0 Å². The largest absolute Gasteiger partial charge is 0.381 e. The Bertz CT molecular complexity index is 622. The molecule has 0 radical (unpaired) electrons. The number of amides is 1. The summed E-state index contributed by atoms with van der Waals surface area (Å²) in [6.07, 6.45) is 6.83. The molecule has 1 heterocycles. The van der Waals surface area contributed by atoms with Gasteiger partial charge in [-0.3, -0.25) is 14.2 Å². The van der Waals surface area contributed by atoms with Crippen molar-refractivity contribution in [1.29, 1.82) is 0 Å². The van der Waals surface area contributed by atoms with E-state index in [1.165, 1.54) is 24.2 Å². The van der Waals surface area contributed by atoms with Crippen molar-refractivity contribution in [1.82, 2.24) is 15.1 Å². The number of hydrogen-bond acceptors (Lipinski definition) is 5. The van der Waals surface area contributed by atoms with Gasteiger partial charge in [-0.15, -0.1) is 0 Å². The maximum atomic E-state index is 11.9. The fraction of sp³-hybridized carbons (Fsp3) is 0.714. The molecule has 1 aliphatic rings. The Labute approximate surface area is 136 Å². The Morgan fingerprint density at radius 1 is 1.48 bits per heavy atom. The Balaban J connectivity index is 1.86. The molecule has 9 heteroatoms. The van der Waals surface area contributed by atoms with Crippen molar-refractivity contribution < 1.29 is 17.9 Å². The Kier molecular flexibility index (Phi) is 6.00. The summed E-state index contributed by atoms with van der Waals surface area (Å²) < 4.78 is 32.6. The maximum absolute atomic E-state index is 11.9. The molecular weight excluding hydrogens is 320 g/mol. The molecule has 0 aliphatic heterocycles. The summed E-state index contributed by atoms with van der Waals surface area (Å²) in [5.74, 6) is -0.251. The number of carbonyl (C=O) groups is 1. The van der Waals surface area contributed by atoms with E-state index in [9.17, 15) is 13.2 Å². The molecule has 1 saturated carbocycles. The monoisotopic (exact) mass is 344 g/mol. The van der Waals surface area contributed by atoms with E-state index >= 15 is 0 Å². The zero-order chi connectivity index (χ0) is 16.9. The quantitative estimate of drug-likeness (QED) is 0.723. The normalized spacial score (nSPS) is 17.1. The average Bonchev–Trinajstić information content (AvgIpc) is 3.09. The lowest BCUT2D eigenvalue weighted by Crippen LogP contribution is -2.35. The van der Waals surface area contributed by atoms with E-state index in [1.807, 2.05) is 0 Å². The Hall–Kier alpha value is -1.61. The molecule has 1 aliphatic carbocycles. The molecule has 0 bridgehead atoms. The van der Waals surface area contributed by atoms with Crippen LogP contribution < -0.4 is 10.0 Å². The summed E-state index contributed by atoms with van der Waals surface area (Å²) in [6.45, 7) is 1.75. The van der Waals surface area contributed by atoms with E-state index in [0.29, 0.717) is 5.69 Å². The minimum Gasteiger partial charge on any atom is -0.381 e. The summed E-state index contributed by atoms with van der Waals surface area (Å²) in [5.41, 5.74) is 0.335. The molecule has 1 aromatic rings. The fourth-order valence-electron chi connectivity index (χ4n) is 2.59. The average molecular weight is 344 g/mol. The predicted octanol–water partition coefficient (Wildman–Crippen LogP) is 0.718. The minimum atomic E-state index is -3.51. The number of rotatable bonds is 8. The van der Waals surface area contributed by atoms with Gasteiger partial charge in [0.1, 0.15) is 6.54 Å². The van der Waals surface area contributed by atoms with Crippen molar-refractivity contribution in [2.45, 2.75) is 51.3 Å². The zero-order valence-corrected chi connectivity index (χ0v) is 14.3. The first-order valence-corrected chi connectivity index (χ1v) is 9.38. The summed E-state index contributed by atoms with van der Waals surface area (Å²) >= 11 is 0. The van der Waals surface area contributed by atoms with Crippen LogP contribution in [0.3, 0.4) is 0 Å².